The van der Waals surface area contributed by atoms with E-state index in [9.17, 15) is 18.0 Å². The summed E-state index contributed by atoms with van der Waals surface area (Å²) in [6.45, 7) is 2.11. The Morgan fingerprint density at radius 2 is 2.00 bits per heavy atom. The summed E-state index contributed by atoms with van der Waals surface area (Å²) in [5.41, 5.74) is -0.0543. The minimum absolute atomic E-state index is 0.0299. The van der Waals surface area contributed by atoms with Gasteiger partial charge in [-0.3, -0.25) is 0 Å². The Balaban J connectivity index is 1.86. The van der Waals surface area contributed by atoms with Crippen LogP contribution in [-0.4, -0.2) is 20.9 Å². The number of halogens is 4. The van der Waals surface area contributed by atoms with E-state index < -0.39 is 22.8 Å². The molecule has 0 spiro atoms. The Bertz CT molecular complexity index is 942. The highest BCUT2D eigenvalue weighted by molar-refractivity contribution is 7.10. The van der Waals surface area contributed by atoms with Gasteiger partial charge in [0.1, 0.15) is 12.7 Å². The number of nitrogens with zero attached hydrogens (tertiary/aromatic N) is 4. The van der Waals surface area contributed by atoms with E-state index in [1.165, 1.54) is 39.7 Å². The first-order chi connectivity index (χ1) is 12.8. The van der Waals surface area contributed by atoms with E-state index in [0.29, 0.717) is 0 Å². The third-order valence-electron chi connectivity index (χ3n) is 3.70. The van der Waals surface area contributed by atoms with Crippen molar-refractivity contribution in [3.05, 3.63) is 63.3 Å². The van der Waals surface area contributed by atoms with Crippen molar-refractivity contribution in [2.75, 3.05) is 10.3 Å². The van der Waals surface area contributed by atoms with Crippen LogP contribution < -0.4 is 10.3 Å². The Hall–Kier alpha value is -2.59. The first-order valence-electron chi connectivity index (χ1n) is 7.59. The summed E-state index contributed by atoms with van der Waals surface area (Å²) in [6.07, 6.45) is -1.98. The van der Waals surface area contributed by atoms with Gasteiger partial charge in [-0.25, -0.2) is 14.5 Å². The summed E-state index contributed by atoms with van der Waals surface area (Å²) in [5, 5.41) is 12.5. The van der Waals surface area contributed by atoms with E-state index in [1.807, 2.05) is 18.4 Å². The molecule has 2 heterocycles. The highest BCUT2D eigenvalue weighted by Crippen LogP contribution is 2.36. The van der Waals surface area contributed by atoms with Crippen molar-refractivity contribution in [3.8, 4) is 0 Å². The first kappa shape index (κ1) is 19.2. The smallest absolute Gasteiger partial charge is 0.306 e. The predicted octanol–water partition coefficient (Wildman–Crippen LogP) is 4.69. The Labute approximate surface area is 161 Å². The van der Waals surface area contributed by atoms with E-state index in [0.717, 1.165) is 22.6 Å². The van der Waals surface area contributed by atoms with Gasteiger partial charge in [0.05, 0.1) is 17.1 Å². The molecule has 0 fully saturated rings. The van der Waals surface area contributed by atoms with Crippen molar-refractivity contribution in [3.63, 3.8) is 0 Å². The minimum Gasteiger partial charge on any atom is -0.306 e. The highest BCUT2D eigenvalue weighted by Gasteiger charge is 2.33. The molecule has 0 saturated carbocycles. The van der Waals surface area contributed by atoms with Gasteiger partial charge in [0, 0.05) is 10.6 Å². The number of thiophene rings is 1. The highest BCUT2D eigenvalue weighted by atomic mass is 35.5. The maximum atomic E-state index is 13.0. The van der Waals surface area contributed by atoms with E-state index in [4.69, 9.17) is 11.6 Å². The van der Waals surface area contributed by atoms with E-state index in [-0.39, 0.29) is 12.2 Å². The minimum atomic E-state index is -4.63. The van der Waals surface area contributed by atoms with Crippen LogP contribution in [0.5, 0.6) is 0 Å². The molecule has 11 heteroatoms. The molecule has 0 bridgehead atoms. The van der Waals surface area contributed by atoms with Crippen LogP contribution in [0.3, 0.4) is 0 Å². The third-order valence-corrected chi connectivity index (χ3v) is 5.04. The molecular formula is C16H13ClF3N5OS. The lowest BCUT2D eigenvalue weighted by molar-refractivity contribution is -0.137. The van der Waals surface area contributed by atoms with Gasteiger partial charge in [-0.15, -0.1) is 21.5 Å². The molecule has 0 aliphatic heterocycles. The number of benzene rings is 1. The number of hydrogen-bond donors (Lipinski definition) is 1. The molecule has 1 N–H and O–H groups in total. The summed E-state index contributed by atoms with van der Waals surface area (Å²) in [7, 11) is 0. The van der Waals surface area contributed by atoms with Crippen molar-refractivity contribution >= 4 is 34.7 Å². The summed E-state index contributed by atoms with van der Waals surface area (Å²) in [4.78, 5) is 13.6. The number of nitrogens with one attached hydrogen (secondary N) is 1. The quantitative estimate of drug-likeness (QED) is 0.672. The zero-order valence-corrected chi connectivity index (χ0v) is 15.4. The van der Waals surface area contributed by atoms with Gasteiger partial charge in [-0.1, -0.05) is 11.6 Å². The van der Waals surface area contributed by atoms with Crippen LogP contribution in [0.2, 0.25) is 5.02 Å². The number of carbonyl (C=O) groups excluding carboxylic acids is 1. The van der Waals surface area contributed by atoms with Crippen LogP contribution >= 0.6 is 22.9 Å². The lowest BCUT2D eigenvalue weighted by atomic mass is 10.2. The number of anilines is 1. The van der Waals surface area contributed by atoms with Crippen LogP contribution in [0.25, 0.3) is 0 Å². The molecule has 3 aromatic rings. The van der Waals surface area contributed by atoms with Crippen molar-refractivity contribution in [1.29, 1.82) is 0 Å². The number of amides is 2. The molecule has 0 radical (unpaired) electrons. The summed E-state index contributed by atoms with van der Waals surface area (Å²) in [6, 6.07) is 4.46. The number of urea groups is 1. The molecule has 0 aliphatic rings. The Kier molecular flexibility index (Phi) is 5.38. The van der Waals surface area contributed by atoms with E-state index in [2.05, 4.69) is 15.5 Å². The predicted molar refractivity (Wildman–Crippen MR) is 96.5 cm³/mol. The standard InChI is InChI=1S/C16H13ClF3N5OS/c1-10-4-5-27-14(10)7-25(24-8-21-22-9-24)15(26)23-11-2-3-13(17)12(6-11)16(18,19)20/h2-6,8-9H,7H2,1H3,(H,23,26). The molecule has 3 rings (SSSR count). The molecule has 142 valence electrons. The molecule has 27 heavy (non-hydrogen) atoms. The Morgan fingerprint density at radius 1 is 1.30 bits per heavy atom. The topological polar surface area (TPSA) is 63.1 Å². The molecule has 0 unspecified atom stereocenters. The Morgan fingerprint density at radius 3 is 2.59 bits per heavy atom. The van der Waals surface area contributed by atoms with Crippen LogP contribution in [0.1, 0.15) is 16.0 Å². The molecule has 1 aromatic carbocycles. The van der Waals surface area contributed by atoms with Gasteiger partial charge in [-0.2, -0.15) is 13.2 Å². The number of alkyl halides is 3. The average molecular weight is 416 g/mol. The van der Waals surface area contributed by atoms with Crippen molar-refractivity contribution in [1.82, 2.24) is 14.9 Å². The normalized spacial score (nSPS) is 11.4. The van der Waals surface area contributed by atoms with E-state index in [1.54, 1.807) is 0 Å². The third kappa shape index (κ3) is 4.40. The van der Waals surface area contributed by atoms with Crippen molar-refractivity contribution < 1.29 is 18.0 Å². The molecule has 0 aliphatic carbocycles. The van der Waals surface area contributed by atoms with Crippen LogP contribution in [0, 0.1) is 6.92 Å². The molecule has 6 nitrogen and oxygen atoms in total. The molecule has 2 aromatic heterocycles. The van der Waals surface area contributed by atoms with Gasteiger partial charge >= 0.3 is 12.2 Å². The van der Waals surface area contributed by atoms with E-state index >= 15 is 0 Å². The SMILES string of the molecule is Cc1ccsc1CN(C(=O)Nc1ccc(Cl)c(C(F)(F)F)c1)n1cnnc1. The zero-order chi connectivity index (χ0) is 19.6. The van der Waals surface area contributed by atoms with Gasteiger partial charge in [-0.05, 0) is 42.1 Å². The van der Waals surface area contributed by atoms with Crippen molar-refractivity contribution in [2.24, 2.45) is 0 Å². The van der Waals surface area contributed by atoms with Gasteiger partial charge in [0.2, 0.25) is 0 Å². The fourth-order valence-electron chi connectivity index (χ4n) is 2.29. The fourth-order valence-corrected chi connectivity index (χ4v) is 3.40. The number of carbonyl (C=O) groups is 1. The van der Waals surface area contributed by atoms with Crippen LogP contribution in [-0.2, 0) is 12.7 Å². The largest absolute Gasteiger partial charge is 0.417 e. The maximum absolute atomic E-state index is 13.0. The molecule has 2 amide bonds. The number of aromatic nitrogens is 3. The molecule has 0 saturated heterocycles. The number of hydrogen-bond acceptors (Lipinski definition) is 4. The lowest BCUT2D eigenvalue weighted by Crippen LogP contribution is -2.42. The molecular weight excluding hydrogens is 403 g/mol. The maximum Gasteiger partial charge on any atom is 0.417 e. The monoisotopic (exact) mass is 415 g/mol. The second-order valence-corrected chi connectivity index (χ2v) is 6.96. The number of rotatable bonds is 4. The first-order valence-corrected chi connectivity index (χ1v) is 8.84. The average Bonchev–Trinajstić information content (AvgIpc) is 3.25. The van der Waals surface area contributed by atoms with Gasteiger partial charge in [0.25, 0.3) is 0 Å². The summed E-state index contributed by atoms with van der Waals surface area (Å²) >= 11 is 7.08. The fraction of sp³-hybridized carbons (Fsp3) is 0.188. The van der Waals surface area contributed by atoms with Crippen LogP contribution in [0.15, 0.2) is 42.3 Å². The van der Waals surface area contributed by atoms with Crippen LogP contribution in [0.4, 0.5) is 23.7 Å². The van der Waals surface area contributed by atoms with Gasteiger partial charge < -0.3 is 5.32 Å². The zero-order valence-electron chi connectivity index (χ0n) is 13.9. The summed E-state index contributed by atoms with van der Waals surface area (Å²) < 4.78 is 40.4. The number of aryl methyl sites for hydroxylation is 1. The van der Waals surface area contributed by atoms with Crippen molar-refractivity contribution in [2.45, 2.75) is 19.6 Å². The second kappa shape index (κ2) is 7.57. The second-order valence-electron chi connectivity index (χ2n) is 5.55. The summed E-state index contributed by atoms with van der Waals surface area (Å²) in [5.74, 6) is 0. The lowest BCUT2D eigenvalue weighted by Gasteiger charge is -2.23. The molecule has 0 atom stereocenters. The van der Waals surface area contributed by atoms with Gasteiger partial charge in [0.15, 0.2) is 0 Å².